The summed E-state index contributed by atoms with van der Waals surface area (Å²) in [5.74, 6) is 0. The van der Waals surface area contributed by atoms with E-state index in [2.05, 4.69) is 13.8 Å². The smallest absolute Gasteiger partial charge is 0.533 e. The molecular formula is C16H34MgO2. The molecule has 0 radical (unpaired) electrons. The molecule has 0 atom stereocenters. The molecule has 0 amide bonds. The molecule has 0 aliphatic rings. The van der Waals surface area contributed by atoms with Crippen LogP contribution < -0.4 is 0 Å². The molecule has 0 rings (SSSR count). The molecule has 0 N–H and O–H groups in total. The molecular weight excluding hydrogens is 248 g/mol. The standard InChI is InChI=1S/2C8H17O.Mg/c2*1-2-3-4-5-6-7-8-9;/h2*2-8H2,1H3;/q2*-1;+2. The second kappa shape index (κ2) is 18.7. The number of rotatable bonds is 16. The number of unbranched alkanes of at least 4 members (excludes halogenated alkanes) is 10. The van der Waals surface area contributed by atoms with E-state index in [1.165, 1.54) is 77.0 Å². The highest BCUT2D eigenvalue weighted by Crippen LogP contribution is 2.05. The second-order valence-corrected chi connectivity index (χ2v) is 6.52. The van der Waals surface area contributed by atoms with Crippen molar-refractivity contribution in [2.24, 2.45) is 0 Å². The maximum atomic E-state index is 5.60. The monoisotopic (exact) mass is 282 g/mol. The van der Waals surface area contributed by atoms with Crippen LogP contribution in [0.15, 0.2) is 0 Å². The lowest BCUT2D eigenvalue weighted by Crippen LogP contribution is -2.07. The van der Waals surface area contributed by atoms with Gasteiger partial charge in [0.2, 0.25) is 0 Å². The maximum absolute atomic E-state index is 5.60. The predicted octanol–water partition coefficient (Wildman–Crippen LogP) is 5.27. The van der Waals surface area contributed by atoms with Crippen LogP contribution in [-0.4, -0.2) is 34.4 Å². The second-order valence-electron chi connectivity index (χ2n) is 5.47. The van der Waals surface area contributed by atoms with E-state index in [1.54, 1.807) is 0 Å². The first kappa shape index (κ1) is 19.7. The van der Waals surface area contributed by atoms with E-state index in [1.807, 2.05) is 0 Å². The third-order valence-electron chi connectivity index (χ3n) is 3.45. The largest absolute Gasteiger partial charge is 0.793 e. The number of hydrogen-bond donors (Lipinski definition) is 0. The van der Waals surface area contributed by atoms with E-state index in [9.17, 15) is 0 Å². The van der Waals surface area contributed by atoms with Gasteiger partial charge < -0.3 is 6.34 Å². The molecule has 2 nitrogen and oxygen atoms in total. The molecule has 0 saturated carbocycles. The van der Waals surface area contributed by atoms with E-state index in [4.69, 9.17) is 6.34 Å². The lowest BCUT2D eigenvalue weighted by atomic mass is 10.1. The van der Waals surface area contributed by atoms with Crippen LogP contribution in [0, 0.1) is 0 Å². The summed E-state index contributed by atoms with van der Waals surface area (Å²) in [4.78, 5) is 0. The molecule has 3 heteroatoms. The maximum Gasteiger partial charge on any atom is 0.793 e. The van der Waals surface area contributed by atoms with Crippen molar-refractivity contribution in [3.05, 3.63) is 0 Å². The zero-order valence-corrected chi connectivity index (χ0v) is 14.8. The molecule has 0 aromatic carbocycles. The fourth-order valence-corrected chi connectivity index (χ4v) is 2.91. The number of hydrogen-bond acceptors (Lipinski definition) is 2. The lowest BCUT2D eigenvalue weighted by Gasteiger charge is -2.06. The van der Waals surface area contributed by atoms with Crippen LogP contribution in [0.3, 0.4) is 0 Å². The van der Waals surface area contributed by atoms with Crippen LogP contribution in [0.2, 0.25) is 0 Å². The minimum atomic E-state index is -0.676. The van der Waals surface area contributed by atoms with Crippen molar-refractivity contribution in [1.82, 2.24) is 0 Å². The van der Waals surface area contributed by atoms with Gasteiger partial charge in [-0.15, -0.1) is 0 Å². The van der Waals surface area contributed by atoms with Gasteiger partial charge in [-0.1, -0.05) is 78.1 Å². The fourth-order valence-electron chi connectivity index (χ4n) is 2.15. The predicted molar refractivity (Wildman–Crippen MR) is 84.4 cm³/mol. The van der Waals surface area contributed by atoms with Crippen molar-refractivity contribution >= 4 is 21.2 Å². The average Bonchev–Trinajstić information content (AvgIpc) is 2.43. The zero-order chi connectivity index (χ0) is 14.0. The first-order valence-electron chi connectivity index (χ1n) is 8.57. The van der Waals surface area contributed by atoms with Crippen LogP contribution in [0.4, 0.5) is 0 Å². The molecule has 112 valence electrons. The van der Waals surface area contributed by atoms with Crippen LogP contribution in [0.5, 0.6) is 0 Å². The molecule has 0 saturated heterocycles. The third kappa shape index (κ3) is 18.7. The average molecular weight is 283 g/mol. The Morgan fingerprint density at radius 1 is 0.526 bits per heavy atom. The van der Waals surface area contributed by atoms with Crippen molar-refractivity contribution in [2.45, 2.75) is 90.9 Å². The summed E-state index contributed by atoms with van der Waals surface area (Å²) in [6.45, 7) is 6.37. The lowest BCUT2D eigenvalue weighted by molar-refractivity contribution is 0.213. The van der Waals surface area contributed by atoms with E-state index in [0.717, 1.165) is 13.2 Å². The van der Waals surface area contributed by atoms with E-state index >= 15 is 0 Å². The van der Waals surface area contributed by atoms with Gasteiger partial charge in [-0.05, 0) is 12.8 Å². The summed E-state index contributed by atoms with van der Waals surface area (Å²) in [5, 5.41) is 0. The molecule has 0 aliphatic carbocycles. The highest BCUT2D eigenvalue weighted by atomic mass is 24.5. The van der Waals surface area contributed by atoms with Gasteiger partial charge in [0.15, 0.2) is 0 Å². The Morgan fingerprint density at radius 3 is 1.32 bits per heavy atom. The molecule has 0 fully saturated rings. The van der Waals surface area contributed by atoms with Gasteiger partial charge >= 0.3 is 21.2 Å². The molecule has 0 aliphatic heterocycles. The van der Waals surface area contributed by atoms with Crippen LogP contribution in [0.25, 0.3) is 0 Å². The summed E-state index contributed by atoms with van der Waals surface area (Å²) >= 11 is -0.676. The van der Waals surface area contributed by atoms with Gasteiger partial charge in [0, 0.05) is 13.2 Å². The molecule has 0 aromatic heterocycles. The first-order chi connectivity index (χ1) is 9.41. The minimum absolute atomic E-state index is 0.676. The summed E-state index contributed by atoms with van der Waals surface area (Å²) < 4.78 is 11.2. The summed E-state index contributed by atoms with van der Waals surface area (Å²) in [7, 11) is 0. The minimum Gasteiger partial charge on any atom is -0.533 e. The van der Waals surface area contributed by atoms with Crippen LogP contribution >= 0.6 is 0 Å². The Labute approximate surface area is 131 Å². The molecule has 0 heterocycles. The Morgan fingerprint density at radius 2 is 0.895 bits per heavy atom. The van der Waals surface area contributed by atoms with E-state index < -0.39 is 21.2 Å². The van der Waals surface area contributed by atoms with Gasteiger partial charge in [0.1, 0.15) is 0 Å². The Kier molecular flexibility index (Phi) is 19.4. The van der Waals surface area contributed by atoms with Gasteiger partial charge in [-0.2, -0.15) is 0 Å². The van der Waals surface area contributed by atoms with Crippen molar-refractivity contribution in [1.29, 1.82) is 0 Å². The Bertz CT molecular complexity index is 138. The van der Waals surface area contributed by atoms with Crippen LogP contribution in [0.1, 0.15) is 90.9 Å². The van der Waals surface area contributed by atoms with Crippen molar-refractivity contribution in [3.63, 3.8) is 0 Å². The SMILES string of the molecule is CCCCCCCC[O][Mg][O]CCCCCCCC. The molecule has 19 heavy (non-hydrogen) atoms. The van der Waals surface area contributed by atoms with Crippen molar-refractivity contribution < 1.29 is 6.34 Å². The quantitative estimate of drug-likeness (QED) is 0.283. The van der Waals surface area contributed by atoms with E-state index in [-0.39, 0.29) is 0 Å². The highest BCUT2D eigenvalue weighted by Gasteiger charge is 2.00. The highest BCUT2D eigenvalue weighted by molar-refractivity contribution is 6.17. The third-order valence-corrected chi connectivity index (χ3v) is 4.36. The van der Waals surface area contributed by atoms with Crippen LogP contribution in [-0.2, 0) is 6.34 Å². The topological polar surface area (TPSA) is 18.5 Å². The zero-order valence-electron chi connectivity index (χ0n) is 13.4. The Hall–Kier alpha value is 0.686. The summed E-state index contributed by atoms with van der Waals surface area (Å²) in [6, 6.07) is 0. The summed E-state index contributed by atoms with van der Waals surface area (Å²) in [5.41, 5.74) is 0. The van der Waals surface area contributed by atoms with E-state index in [0.29, 0.717) is 0 Å². The van der Waals surface area contributed by atoms with Gasteiger partial charge in [0.05, 0.1) is 0 Å². The molecule has 0 spiro atoms. The first-order valence-corrected chi connectivity index (χ1v) is 9.72. The van der Waals surface area contributed by atoms with Gasteiger partial charge in [-0.3, -0.25) is 0 Å². The van der Waals surface area contributed by atoms with Crippen molar-refractivity contribution in [3.8, 4) is 0 Å². The summed E-state index contributed by atoms with van der Waals surface area (Å²) in [6.07, 6.45) is 16.0. The van der Waals surface area contributed by atoms with Gasteiger partial charge in [-0.25, -0.2) is 0 Å². The van der Waals surface area contributed by atoms with Gasteiger partial charge in [0.25, 0.3) is 0 Å². The fraction of sp³-hybridized carbons (Fsp3) is 1.00. The van der Waals surface area contributed by atoms with Crippen molar-refractivity contribution in [2.75, 3.05) is 13.2 Å². The molecule has 0 aromatic rings. The molecule has 0 unspecified atom stereocenters. The normalized spacial score (nSPS) is 10.6. The Balaban J connectivity index is 2.88. The molecule has 0 bridgehead atoms.